The van der Waals surface area contributed by atoms with Gasteiger partial charge in [-0.3, -0.25) is 0 Å². The average Bonchev–Trinajstić information content (AvgIpc) is 3.20. The zero-order valence-electron chi connectivity index (χ0n) is 15.9. The Kier molecular flexibility index (Phi) is 3.40. The van der Waals surface area contributed by atoms with Crippen molar-refractivity contribution in [2.24, 2.45) is 0 Å². The van der Waals surface area contributed by atoms with Crippen molar-refractivity contribution in [1.29, 1.82) is 0 Å². The van der Waals surface area contributed by atoms with Gasteiger partial charge in [-0.2, -0.15) is 4.68 Å². The van der Waals surface area contributed by atoms with Gasteiger partial charge >= 0.3 is 0 Å². The minimum Gasteiger partial charge on any atom is -0.307 e. The first-order chi connectivity index (χ1) is 13.0. The summed E-state index contributed by atoms with van der Waals surface area (Å²) >= 11 is 0. The van der Waals surface area contributed by atoms with E-state index in [0.29, 0.717) is 11.8 Å². The van der Waals surface area contributed by atoms with E-state index in [2.05, 4.69) is 50.9 Å². The molecule has 2 atom stereocenters. The summed E-state index contributed by atoms with van der Waals surface area (Å²) in [6, 6.07) is 6.21. The number of imidazole rings is 1. The van der Waals surface area contributed by atoms with Crippen molar-refractivity contribution in [3.63, 3.8) is 0 Å². The molecule has 7 heteroatoms. The molecule has 0 N–H and O–H groups in total. The molecule has 136 valence electrons. The van der Waals surface area contributed by atoms with E-state index in [0.717, 1.165) is 46.7 Å². The second-order valence-corrected chi connectivity index (χ2v) is 7.40. The largest absolute Gasteiger partial charge is 0.307 e. The van der Waals surface area contributed by atoms with Crippen molar-refractivity contribution in [1.82, 2.24) is 34.1 Å². The van der Waals surface area contributed by atoms with Gasteiger partial charge < -0.3 is 4.40 Å². The van der Waals surface area contributed by atoms with Crippen LogP contribution in [0.3, 0.4) is 0 Å². The van der Waals surface area contributed by atoms with Crippen molar-refractivity contribution in [3.05, 3.63) is 65.0 Å². The first kappa shape index (κ1) is 16.1. The Balaban J connectivity index is 1.48. The molecule has 27 heavy (non-hydrogen) atoms. The fourth-order valence-corrected chi connectivity index (χ4v) is 3.76. The van der Waals surface area contributed by atoms with Crippen molar-refractivity contribution in [3.8, 4) is 5.82 Å². The van der Waals surface area contributed by atoms with Crippen LogP contribution in [0.5, 0.6) is 0 Å². The standard InChI is InChI=1S/C20H21N7/c1-11-5-6-19-24-18(10-26(19)9-11)16-7-15(16)17-8-20(23-12(2)22-17)27-14(4)21-13(3)25-27/h5-6,8-10,15-16H,7H2,1-4H3. The maximum absolute atomic E-state index is 4.80. The van der Waals surface area contributed by atoms with E-state index in [1.807, 2.05) is 26.8 Å². The monoisotopic (exact) mass is 359 g/mol. The summed E-state index contributed by atoms with van der Waals surface area (Å²) in [7, 11) is 0. The lowest BCUT2D eigenvalue weighted by Gasteiger charge is -2.06. The Morgan fingerprint density at radius 2 is 1.67 bits per heavy atom. The molecule has 0 bridgehead atoms. The third-order valence-electron chi connectivity index (χ3n) is 5.10. The molecule has 0 aliphatic heterocycles. The van der Waals surface area contributed by atoms with Crippen molar-refractivity contribution < 1.29 is 0 Å². The first-order valence-electron chi connectivity index (χ1n) is 9.19. The quantitative estimate of drug-likeness (QED) is 0.561. The van der Waals surface area contributed by atoms with Gasteiger partial charge in [0.05, 0.1) is 11.4 Å². The fraction of sp³-hybridized carbons (Fsp3) is 0.350. The van der Waals surface area contributed by atoms with Crippen LogP contribution in [-0.4, -0.2) is 34.1 Å². The number of hydrogen-bond donors (Lipinski definition) is 0. The highest BCUT2D eigenvalue weighted by Crippen LogP contribution is 2.53. The molecule has 0 spiro atoms. The first-order valence-corrected chi connectivity index (χ1v) is 9.19. The van der Waals surface area contributed by atoms with Crippen molar-refractivity contribution in [2.45, 2.75) is 46.0 Å². The van der Waals surface area contributed by atoms with E-state index in [1.54, 1.807) is 4.68 Å². The Bertz CT molecular complexity index is 1170. The van der Waals surface area contributed by atoms with Crippen LogP contribution in [0.2, 0.25) is 0 Å². The molecule has 4 aromatic rings. The van der Waals surface area contributed by atoms with Gasteiger partial charge in [0.25, 0.3) is 0 Å². The van der Waals surface area contributed by atoms with Crippen LogP contribution < -0.4 is 0 Å². The molecule has 4 aromatic heterocycles. The van der Waals surface area contributed by atoms with Crippen LogP contribution in [0.1, 0.15) is 52.7 Å². The molecule has 0 aromatic carbocycles. The van der Waals surface area contributed by atoms with E-state index in [1.165, 1.54) is 5.56 Å². The van der Waals surface area contributed by atoms with Gasteiger partial charge in [-0.1, -0.05) is 6.07 Å². The molecule has 4 heterocycles. The van der Waals surface area contributed by atoms with Crippen molar-refractivity contribution >= 4 is 5.65 Å². The molecule has 0 amide bonds. The van der Waals surface area contributed by atoms with Gasteiger partial charge in [-0.15, -0.1) is 5.10 Å². The van der Waals surface area contributed by atoms with E-state index >= 15 is 0 Å². The number of hydrogen-bond acceptors (Lipinski definition) is 5. The molecule has 5 rings (SSSR count). The SMILES string of the molecule is Cc1ccc2nc(C3CC3c3cc(-n4nc(C)nc4C)nc(C)n3)cn2c1. The number of pyridine rings is 1. The van der Waals surface area contributed by atoms with Gasteiger partial charge in [0.15, 0.2) is 5.82 Å². The molecule has 0 radical (unpaired) electrons. The Labute approximate surface area is 157 Å². The summed E-state index contributed by atoms with van der Waals surface area (Å²) < 4.78 is 3.90. The zero-order chi connectivity index (χ0) is 18.7. The average molecular weight is 359 g/mol. The normalized spacial score (nSPS) is 19.0. The Morgan fingerprint density at radius 3 is 2.44 bits per heavy atom. The van der Waals surface area contributed by atoms with Gasteiger partial charge in [0.2, 0.25) is 0 Å². The topological polar surface area (TPSA) is 73.8 Å². The number of aryl methyl sites for hydroxylation is 4. The second kappa shape index (κ2) is 5.70. The molecule has 1 fully saturated rings. The molecular weight excluding hydrogens is 338 g/mol. The smallest absolute Gasteiger partial charge is 0.159 e. The summed E-state index contributed by atoms with van der Waals surface area (Å²) in [5.74, 6) is 3.90. The van der Waals surface area contributed by atoms with Crippen LogP contribution in [0.4, 0.5) is 0 Å². The highest BCUT2D eigenvalue weighted by Gasteiger charge is 2.42. The van der Waals surface area contributed by atoms with Gasteiger partial charge in [-0.25, -0.2) is 19.9 Å². The molecule has 1 aliphatic rings. The third kappa shape index (κ3) is 2.79. The van der Waals surface area contributed by atoms with Crippen LogP contribution in [0, 0.1) is 27.7 Å². The van der Waals surface area contributed by atoms with E-state index in [9.17, 15) is 0 Å². The molecule has 1 aliphatic carbocycles. The van der Waals surface area contributed by atoms with Gasteiger partial charge in [-0.05, 0) is 45.7 Å². The maximum Gasteiger partial charge on any atom is 0.159 e. The number of rotatable bonds is 3. The highest BCUT2D eigenvalue weighted by atomic mass is 15.4. The number of aromatic nitrogens is 7. The second-order valence-electron chi connectivity index (χ2n) is 7.40. The Morgan fingerprint density at radius 1 is 0.852 bits per heavy atom. The van der Waals surface area contributed by atoms with Crippen molar-refractivity contribution in [2.75, 3.05) is 0 Å². The molecule has 7 nitrogen and oxygen atoms in total. The predicted molar refractivity (Wildman–Crippen MR) is 101 cm³/mol. The zero-order valence-corrected chi connectivity index (χ0v) is 15.9. The maximum atomic E-state index is 4.80. The van der Waals surface area contributed by atoms with Crippen LogP contribution in [0.15, 0.2) is 30.6 Å². The third-order valence-corrected chi connectivity index (χ3v) is 5.10. The number of nitrogens with zero attached hydrogens (tertiary/aromatic N) is 7. The summed E-state index contributed by atoms with van der Waals surface area (Å²) in [6.07, 6.45) is 5.33. The summed E-state index contributed by atoms with van der Waals surface area (Å²) in [6.45, 7) is 7.85. The van der Waals surface area contributed by atoms with E-state index < -0.39 is 0 Å². The summed E-state index contributed by atoms with van der Waals surface area (Å²) in [5, 5.41) is 4.46. The van der Waals surface area contributed by atoms with Gasteiger partial charge in [0.1, 0.15) is 23.1 Å². The lowest BCUT2D eigenvalue weighted by Crippen LogP contribution is -2.06. The molecule has 2 unspecified atom stereocenters. The molecule has 0 saturated heterocycles. The fourth-order valence-electron chi connectivity index (χ4n) is 3.76. The van der Waals surface area contributed by atoms with Gasteiger partial charge in [0, 0.05) is 30.3 Å². The summed E-state index contributed by atoms with van der Waals surface area (Å²) in [4.78, 5) is 18.4. The molecular formula is C20H21N7. The van der Waals surface area contributed by atoms with Crippen LogP contribution >= 0.6 is 0 Å². The lowest BCUT2D eigenvalue weighted by molar-refractivity contribution is 0.778. The molecule has 1 saturated carbocycles. The van der Waals surface area contributed by atoms with Crippen LogP contribution in [0.25, 0.3) is 11.5 Å². The summed E-state index contributed by atoms with van der Waals surface area (Å²) in [5.41, 5.74) is 4.42. The number of fused-ring (bicyclic) bond motifs is 1. The lowest BCUT2D eigenvalue weighted by atomic mass is 10.2. The minimum atomic E-state index is 0.376. The van der Waals surface area contributed by atoms with E-state index in [4.69, 9.17) is 9.97 Å². The minimum absolute atomic E-state index is 0.376. The Hall–Kier alpha value is -3.09. The van der Waals surface area contributed by atoms with E-state index in [-0.39, 0.29) is 0 Å². The highest BCUT2D eigenvalue weighted by molar-refractivity contribution is 5.44. The van der Waals surface area contributed by atoms with Crippen LogP contribution in [-0.2, 0) is 0 Å². The predicted octanol–water partition coefficient (Wildman–Crippen LogP) is 3.21.